The van der Waals surface area contributed by atoms with Crippen LogP contribution in [0.5, 0.6) is 0 Å². The molecule has 6 nitrogen and oxygen atoms in total. The molecule has 0 saturated carbocycles. The number of nitrogens with one attached hydrogen (secondary N) is 3. The molecule has 0 aliphatic carbocycles. The van der Waals surface area contributed by atoms with E-state index in [9.17, 15) is 9.59 Å². The molecule has 0 radical (unpaired) electrons. The van der Waals surface area contributed by atoms with Crippen LogP contribution in [0.15, 0.2) is 65.1 Å². The van der Waals surface area contributed by atoms with Crippen molar-refractivity contribution in [1.29, 1.82) is 0 Å². The van der Waals surface area contributed by atoms with Crippen molar-refractivity contribution < 1.29 is 14.0 Å². The summed E-state index contributed by atoms with van der Waals surface area (Å²) >= 11 is 17.4. The first-order valence-corrected chi connectivity index (χ1v) is 11.1. The average Bonchev–Trinajstić information content (AvgIpc) is 3.24. The molecule has 0 saturated heterocycles. The van der Waals surface area contributed by atoms with Crippen molar-refractivity contribution in [2.24, 2.45) is 5.92 Å². The molecule has 1 aromatic heterocycles. The van der Waals surface area contributed by atoms with Gasteiger partial charge in [0.2, 0.25) is 11.8 Å². The molecule has 1 heterocycles. The SMILES string of the molecule is CC(C)C(=O)Nc1ccc(NC(=S)NC(=O)C=Cc2ccc(-c3cccc(Cl)c3Cl)o2)cc1. The van der Waals surface area contributed by atoms with Crippen LogP contribution in [-0.2, 0) is 9.59 Å². The zero-order valence-electron chi connectivity index (χ0n) is 17.8. The lowest BCUT2D eigenvalue weighted by molar-refractivity contribution is -0.119. The summed E-state index contributed by atoms with van der Waals surface area (Å²) in [6.07, 6.45) is 2.83. The lowest BCUT2D eigenvalue weighted by Crippen LogP contribution is -2.32. The number of thiocarbonyl (C=S) groups is 1. The molecule has 0 bridgehead atoms. The maximum Gasteiger partial charge on any atom is 0.250 e. The Bertz CT molecular complexity index is 1200. The van der Waals surface area contributed by atoms with Gasteiger partial charge >= 0.3 is 0 Å². The van der Waals surface area contributed by atoms with E-state index in [1.165, 1.54) is 12.2 Å². The van der Waals surface area contributed by atoms with Crippen LogP contribution in [0, 0.1) is 5.92 Å². The molecule has 170 valence electrons. The highest BCUT2D eigenvalue weighted by atomic mass is 35.5. The van der Waals surface area contributed by atoms with Crippen LogP contribution in [-0.4, -0.2) is 16.9 Å². The Kier molecular flexibility index (Phi) is 8.27. The van der Waals surface area contributed by atoms with Crippen molar-refractivity contribution in [2.75, 3.05) is 10.6 Å². The molecule has 0 fully saturated rings. The first-order chi connectivity index (χ1) is 15.7. The number of amides is 2. The van der Waals surface area contributed by atoms with Gasteiger partial charge in [0.15, 0.2) is 5.11 Å². The number of halogens is 2. The summed E-state index contributed by atoms with van der Waals surface area (Å²) in [4.78, 5) is 23.9. The number of carbonyl (C=O) groups is 2. The van der Waals surface area contributed by atoms with Crippen molar-refractivity contribution in [3.8, 4) is 11.3 Å². The first-order valence-electron chi connectivity index (χ1n) is 9.98. The Labute approximate surface area is 207 Å². The lowest BCUT2D eigenvalue weighted by atomic mass is 10.2. The third kappa shape index (κ3) is 6.92. The molecule has 9 heteroatoms. The molecular weight excluding hydrogens is 481 g/mol. The summed E-state index contributed by atoms with van der Waals surface area (Å²) in [5, 5.41) is 9.24. The van der Waals surface area contributed by atoms with Gasteiger partial charge in [-0.05, 0) is 66.8 Å². The highest BCUT2D eigenvalue weighted by Gasteiger charge is 2.11. The van der Waals surface area contributed by atoms with Crippen LogP contribution in [0.1, 0.15) is 19.6 Å². The minimum Gasteiger partial charge on any atom is -0.457 e. The van der Waals surface area contributed by atoms with Gasteiger partial charge in [-0.3, -0.25) is 14.9 Å². The van der Waals surface area contributed by atoms with Gasteiger partial charge in [-0.2, -0.15) is 0 Å². The Morgan fingerprint density at radius 2 is 1.64 bits per heavy atom. The average molecular weight is 502 g/mol. The molecule has 3 N–H and O–H groups in total. The number of carbonyl (C=O) groups excluding carboxylic acids is 2. The first kappa shape index (κ1) is 24.5. The number of hydrogen-bond donors (Lipinski definition) is 3. The quantitative estimate of drug-likeness (QED) is 0.269. The third-order valence-electron chi connectivity index (χ3n) is 4.41. The summed E-state index contributed by atoms with van der Waals surface area (Å²) in [6.45, 7) is 3.64. The fraction of sp³-hybridized carbons (Fsp3) is 0.125. The molecule has 0 aliphatic heterocycles. The highest BCUT2D eigenvalue weighted by molar-refractivity contribution is 7.80. The summed E-state index contributed by atoms with van der Waals surface area (Å²) in [6, 6.07) is 15.7. The maximum atomic E-state index is 12.2. The predicted molar refractivity (Wildman–Crippen MR) is 137 cm³/mol. The Morgan fingerprint density at radius 1 is 0.970 bits per heavy atom. The maximum absolute atomic E-state index is 12.2. The van der Waals surface area contributed by atoms with Crippen molar-refractivity contribution in [2.45, 2.75) is 13.8 Å². The van der Waals surface area contributed by atoms with Gasteiger partial charge < -0.3 is 15.1 Å². The fourth-order valence-electron chi connectivity index (χ4n) is 2.68. The van der Waals surface area contributed by atoms with E-state index in [2.05, 4.69) is 16.0 Å². The van der Waals surface area contributed by atoms with Crippen LogP contribution in [0.4, 0.5) is 11.4 Å². The van der Waals surface area contributed by atoms with Crippen LogP contribution in [0.2, 0.25) is 10.0 Å². The second-order valence-corrected chi connectivity index (χ2v) is 8.49. The number of anilines is 2. The van der Waals surface area contributed by atoms with Crippen LogP contribution in [0.3, 0.4) is 0 Å². The van der Waals surface area contributed by atoms with Gasteiger partial charge in [0.05, 0.1) is 10.0 Å². The van der Waals surface area contributed by atoms with Gasteiger partial charge in [0.25, 0.3) is 0 Å². The minimum atomic E-state index is -0.424. The normalized spacial score (nSPS) is 10.9. The zero-order chi connectivity index (χ0) is 24.0. The van der Waals surface area contributed by atoms with Gasteiger partial charge in [-0.15, -0.1) is 0 Å². The topological polar surface area (TPSA) is 83.4 Å². The van der Waals surface area contributed by atoms with E-state index in [0.717, 1.165) is 0 Å². The van der Waals surface area contributed by atoms with Crippen LogP contribution in [0.25, 0.3) is 17.4 Å². The van der Waals surface area contributed by atoms with E-state index >= 15 is 0 Å². The van der Waals surface area contributed by atoms with Crippen LogP contribution >= 0.6 is 35.4 Å². The van der Waals surface area contributed by atoms with E-state index < -0.39 is 5.91 Å². The van der Waals surface area contributed by atoms with E-state index in [0.29, 0.717) is 38.5 Å². The number of hydrogen-bond acceptors (Lipinski definition) is 4. The van der Waals surface area contributed by atoms with Crippen LogP contribution < -0.4 is 16.0 Å². The van der Waals surface area contributed by atoms with E-state index in [4.69, 9.17) is 39.8 Å². The molecule has 0 atom stereocenters. The van der Waals surface area contributed by atoms with Gasteiger partial charge in [-0.25, -0.2) is 0 Å². The monoisotopic (exact) mass is 501 g/mol. The Hall–Kier alpha value is -3.13. The second-order valence-electron chi connectivity index (χ2n) is 7.30. The van der Waals surface area contributed by atoms with Gasteiger partial charge in [0.1, 0.15) is 11.5 Å². The Balaban J connectivity index is 1.53. The van der Waals surface area contributed by atoms with Crippen molar-refractivity contribution >= 4 is 69.8 Å². The molecule has 33 heavy (non-hydrogen) atoms. The van der Waals surface area contributed by atoms with E-state index in [1.807, 2.05) is 13.8 Å². The van der Waals surface area contributed by atoms with E-state index in [-0.39, 0.29) is 16.9 Å². The predicted octanol–water partition coefficient (Wildman–Crippen LogP) is 6.37. The molecule has 0 spiro atoms. The number of benzene rings is 2. The van der Waals surface area contributed by atoms with Crippen molar-refractivity contribution in [3.05, 3.63) is 76.5 Å². The van der Waals surface area contributed by atoms with Crippen molar-refractivity contribution in [3.63, 3.8) is 0 Å². The summed E-state index contributed by atoms with van der Waals surface area (Å²) in [5.41, 5.74) is 2.00. The third-order valence-corrected chi connectivity index (χ3v) is 5.44. The molecule has 2 amide bonds. The lowest BCUT2D eigenvalue weighted by Gasteiger charge is -2.10. The molecule has 3 rings (SSSR count). The van der Waals surface area contributed by atoms with E-state index in [1.54, 1.807) is 54.6 Å². The fourth-order valence-corrected chi connectivity index (χ4v) is 3.29. The standard InChI is InChI=1S/C24H21Cl2N3O3S/c1-14(2)23(31)27-15-6-8-16(9-7-15)28-24(33)29-21(30)13-11-17-10-12-20(32-17)18-4-3-5-19(25)22(18)26/h3-14H,1-2H3,(H,27,31)(H2,28,29,30,33). The molecule has 0 aliphatic rings. The van der Waals surface area contributed by atoms with Crippen molar-refractivity contribution in [1.82, 2.24) is 5.32 Å². The number of furan rings is 1. The zero-order valence-corrected chi connectivity index (χ0v) is 20.1. The second kappa shape index (κ2) is 11.1. The Morgan fingerprint density at radius 3 is 2.30 bits per heavy atom. The summed E-state index contributed by atoms with van der Waals surface area (Å²) in [7, 11) is 0. The van der Waals surface area contributed by atoms with Gasteiger partial charge in [-0.1, -0.05) is 43.1 Å². The molecule has 0 unspecified atom stereocenters. The molecule has 3 aromatic rings. The summed E-state index contributed by atoms with van der Waals surface area (Å²) < 4.78 is 5.72. The number of rotatable bonds is 6. The summed E-state index contributed by atoms with van der Waals surface area (Å²) in [5.74, 6) is 0.402. The van der Waals surface area contributed by atoms with Gasteiger partial charge in [0, 0.05) is 28.9 Å². The minimum absolute atomic E-state index is 0.0652. The highest BCUT2D eigenvalue weighted by Crippen LogP contribution is 2.34. The molecule has 2 aromatic carbocycles. The largest absolute Gasteiger partial charge is 0.457 e. The smallest absolute Gasteiger partial charge is 0.250 e. The molecular formula is C24H21Cl2N3O3S.